The Hall–Kier alpha value is -4.69. The molecule has 1 amide bonds. The third-order valence-corrected chi connectivity index (χ3v) is 4.73. The van der Waals surface area contributed by atoms with Crippen LogP contribution in [0.15, 0.2) is 55.8 Å². The maximum Gasteiger partial charge on any atom is 0.250 e. The number of aryl methyl sites for hydroxylation is 1. The molecule has 2 N–H and O–H groups in total. The molecule has 8 nitrogen and oxygen atoms in total. The number of carbonyl (C=O) groups is 1. The number of hydrogen-bond acceptors (Lipinski definition) is 5. The third-order valence-electron chi connectivity index (χ3n) is 4.73. The van der Waals surface area contributed by atoms with Crippen LogP contribution in [-0.2, 0) is 11.3 Å². The molecule has 0 aliphatic carbocycles. The summed E-state index contributed by atoms with van der Waals surface area (Å²) in [5.41, 5.74) is 9.95. The van der Waals surface area contributed by atoms with Crippen LogP contribution in [0.1, 0.15) is 29.3 Å². The second-order valence-electron chi connectivity index (χ2n) is 6.72. The van der Waals surface area contributed by atoms with Gasteiger partial charge in [0.1, 0.15) is 6.07 Å². The van der Waals surface area contributed by atoms with Crippen molar-refractivity contribution in [3.8, 4) is 29.0 Å². The van der Waals surface area contributed by atoms with E-state index in [4.69, 9.17) is 5.73 Å². The summed E-state index contributed by atoms with van der Waals surface area (Å²) in [5.74, 6) is 5.56. The summed E-state index contributed by atoms with van der Waals surface area (Å²) in [6.07, 6.45) is 8.65. The van der Waals surface area contributed by atoms with Gasteiger partial charge in [-0.3, -0.25) is 14.5 Å². The highest BCUT2D eigenvalue weighted by Crippen LogP contribution is 2.24. The number of nitrogens with zero attached hydrogens (tertiary/aromatic N) is 6. The number of hydrogen-bond donors (Lipinski definition) is 1. The van der Waals surface area contributed by atoms with Gasteiger partial charge >= 0.3 is 0 Å². The van der Waals surface area contributed by atoms with Crippen LogP contribution in [0.25, 0.3) is 22.2 Å². The smallest absolute Gasteiger partial charge is 0.250 e. The van der Waals surface area contributed by atoms with Gasteiger partial charge in [-0.15, -0.1) is 0 Å². The second-order valence-corrected chi connectivity index (χ2v) is 6.72. The van der Waals surface area contributed by atoms with E-state index < -0.39 is 5.91 Å². The Morgan fingerprint density at radius 3 is 2.61 bits per heavy atom. The van der Waals surface area contributed by atoms with Crippen molar-refractivity contribution in [2.75, 3.05) is 0 Å². The van der Waals surface area contributed by atoms with E-state index in [-0.39, 0.29) is 5.57 Å². The van der Waals surface area contributed by atoms with E-state index in [1.165, 1.54) is 6.20 Å². The summed E-state index contributed by atoms with van der Waals surface area (Å²) in [6.45, 7) is 6.40. The molecule has 31 heavy (non-hydrogen) atoms. The van der Waals surface area contributed by atoms with Crippen molar-refractivity contribution < 1.29 is 4.79 Å². The minimum absolute atomic E-state index is 0.138. The van der Waals surface area contributed by atoms with Gasteiger partial charge in [0, 0.05) is 41.8 Å². The molecule has 4 rings (SSSR count). The average molecular weight is 407 g/mol. The standard InChI is InChI=1S/C23H17N7O/c1-3-29-13-20(12-27-29)18-8-17(22-19(9-24)11-28-30(22)14-18)6-4-16-5-7-21(26-10-16)15(2)23(25)31/h5,7-8,10-14H,2-3H2,1H3,(H2,25,31). The summed E-state index contributed by atoms with van der Waals surface area (Å²) < 4.78 is 3.49. The van der Waals surface area contributed by atoms with E-state index in [0.717, 1.165) is 17.7 Å². The zero-order valence-electron chi connectivity index (χ0n) is 16.7. The molecule has 4 aromatic heterocycles. The van der Waals surface area contributed by atoms with Gasteiger partial charge < -0.3 is 5.73 Å². The van der Waals surface area contributed by atoms with E-state index in [1.54, 1.807) is 29.0 Å². The van der Waals surface area contributed by atoms with Gasteiger partial charge in [-0.05, 0) is 25.1 Å². The summed E-state index contributed by atoms with van der Waals surface area (Å²) in [5, 5.41) is 18.1. The lowest BCUT2D eigenvalue weighted by Gasteiger charge is -2.03. The lowest BCUT2D eigenvalue weighted by atomic mass is 10.1. The molecule has 0 saturated carbocycles. The SMILES string of the molecule is C=C(C(N)=O)c1ccc(C#Cc2cc(-c3cnn(CC)c3)cn3ncc(C#N)c23)cn1. The van der Waals surface area contributed by atoms with E-state index in [1.807, 2.05) is 30.1 Å². The van der Waals surface area contributed by atoms with Crippen molar-refractivity contribution in [2.45, 2.75) is 13.5 Å². The minimum Gasteiger partial charge on any atom is -0.366 e. The molecule has 150 valence electrons. The summed E-state index contributed by atoms with van der Waals surface area (Å²) >= 11 is 0. The molecule has 0 saturated heterocycles. The van der Waals surface area contributed by atoms with Gasteiger partial charge in [0.05, 0.1) is 40.3 Å². The van der Waals surface area contributed by atoms with Crippen molar-refractivity contribution in [3.05, 3.63) is 78.1 Å². The lowest BCUT2D eigenvalue weighted by Crippen LogP contribution is -2.12. The minimum atomic E-state index is -0.623. The number of carbonyl (C=O) groups excluding carboxylic acids is 1. The van der Waals surface area contributed by atoms with E-state index in [2.05, 4.69) is 39.7 Å². The number of aromatic nitrogens is 5. The second kappa shape index (κ2) is 7.97. The van der Waals surface area contributed by atoms with Crippen molar-refractivity contribution >= 4 is 17.0 Å². The topological polar surface area (TPSA) is 115 Å². The van der Waals surface area contributed by atoms with Gasteiger partial charge in [0.2, 0.25) is 5.91 Å². The maximum atomic E-state index is 11.2. The molecule has 0 spiro atoms. The summed E-state index contributed by atoms with van der Waals surface area (Å²) in [4.78, 5) is 15.4. The zero-order valence-corrected chi connectivity index (χ0v) is 16.7. The molecular formula is C23H17N7O. The first kappa shape index (κ1) is 19.6. The molecule has 0 aliphatic heterocycles. The maximum absolute atomic E-state index is 11.2. The molecule has 8 heteroatoms. The molecule has 0 atom stereocenters. The van der Waals surface area contributed by atoms with Gasteiger partial charge in [0.15, 0.2) is 0 Å². The first-order valence-electron chi connectivity index (χ1n) is 9.41. The Morgan fingerprint density at radius 1 is 1.13 bits per heavy atom. The number of rotatable bonds is 4. The van der Waals surface area contributed by atoms with E-state index in [9.17, 15) is 10.1 Å². The van der Waals surface area contributed by atoms with Crippen molar-refractivity contribution in [1.82, 2.24) is 24.4 Å². The number of fused-ring (bicyclic) bond motifs is 1. The highest BCUT2D eigenvalue weighted by Gasteiger charge is 2.12. The first-order valence-corrected chi connectivity index (χ1v) is 9.41. The van der Waals surface area contributed by atoms with Crippen LogP contribution in [0.3, 0.4) is 0 Å². The Morgan fingerprint density at radius 2 is 1.97 bits per heavy atom. The van der Waals surface area contributed by atoms with Crippen molar-refractivity contribution in [3.63, 3.8) is 0 Å². The van der Waals surface area contributed by atoms with Crippen LogP contribution in [-0.4, -0.2) is 30.3 Å². The normalized spacial score (nSPS) is 10.3. The van der Waals surface area contributed by atoms with Crippen LogP contribution >= 0.6 is 0 Å². The quantitative estimate of drug-likeness (QED) is 0.412. The predicted molar refractivity (Wildman–Crippen MR) is 115 cm³/mol. The van der Waals surface area contributed by atoms with Crippen LogP contribution in [0.5, 0.6) is 0 Å². The van der Waals surface area contributed by atoms with Crippen molar-refractivity contribution in [2.24, 2.45) is 5.73 Å². The summed E-state index contributed by atoms with van der Waals surface area (Å²) in [7, 11) is 0. The van der Waals surface area contributed by atoms with Gasteiger partial charge in [-0.1, -0.05) is 18.4 Å². The predicted octanol–water partition coefficient (Wildman–Crippen LogP) is 2.38. The fourth-order valence-corrected chi connectivity index (χ4v) is 3.05. The lowest BCUT2D eigenvalue weighted by molar-refractivity contribution is -0.112. The van der Waals surface area contributed by atoms with E-state index in [0.29, 0.717) is 27.9 Å². The average Bonchev–Trinajstić information content (AvgIpc) is 3.44. The van der Waals surface area contributed by atoms with E-state index >= 15 is 0 Å². The Kier molecular flexibility index (Phi) is 5.05. The van der Waals surface area contributed by atoms with Crippen LogP contribution in [0.2, 0.25) is 0 Å². The highest BCUT2D eigenvalue weighted by molar-refractivity contribution is 6.17. The highest BCUT2D eigenvalue weighted by atomic mass is 16.1. The van der Waals surface area contributed by atoms with Crippen LogP contribution < -0.4 is 5.73 Å². The van der Waals surface area contributed by atoms with Gasteiger partial charge in [-0.2, -0.15) is 15.5 Å². The number of primary amides is 1. The van der Waals surface area contributed by atoms with Gasteiger partial charge in [0.25, 0.3) is 0 Å². The fourth-order valence-electron chi connectivity index (χ4n) is 3.05. The number of pyridine rings is 2. The van der Waals surface area contributed by atoms with Gasteiger partial charge in [-0.25, -0.2) is 4.52 Å². The summed E-state index contributed by atoms with van der Waals surface area (Å²) in [6, 6.07) is 7.45. The number of nitrogens with two attached hydrogens (primary N) is 1. The molecule has 0 bridgehead atoms. The van der Waals surface area contributed by atoms with Crippen LogP contribution in [0, 0.1) is 23.2 Å². The first-order chi connectivity index (χ1) is 15.0. The van der Waals surface area contributed by atoms with Crippen LogP contribution in [0.4, 0.5) is 0 Å². The zero-order chi connectivity index (χ0) is 22.0. The van der Waals surface area contributed by atoms with Crippen molar-refractivity contribution in [1.29, 1.82) is 5.26 Å². The molecule has 0 fully saturated rings. The Balaban J connectivity index is 1.78. The molecule has 0 radical (unpaired) electrons. The molecular weight excluding hydrogens is 390 g/mol. The molecule has 0 aliphatic rings. The molecule has 4 aromatic rings. The monoisotopic (exact) mass is 407 g/mol. The Bertz CT molecular complexity index is 1420. The number of nitriles is 1. The molecule has 0 unspecified atom stereocenters. The Labute approximate surface area is 178 Å². The fraction of sp³-hybridized carbons (Fsp3) is 0.0870. The molecule has 4 heterocycles. The largest absolute Gasteiger partial charge is 0.366 e. The third kappa shape index (κ3) is 3.78. The number of amides is 1. The molecule has 0 aromatic carbocycles.